The van der Waals surface area contributed by atoms with Gasteiger partial charge in [-0.2, -0.15) is 0 Å². The van der Waals surface area contributed by atoms with Crippen molar-refractivity contribution >= 4 is 60.5 Å². The Morgan fingerprint density at radius 3 is 1.79 bits per heavy atom. The third kappa shape index (κ3) is 5.64. The summed E-state index contributed by atoms with van der Waals surface area (Å²) < 4.78 is 6.76. The fourth-order valence-electron chi connectivity index (χ4n) is 9.95. The van der Waals surface area contributed by atoms with Crippen LogP contribution in [0.2, 0.25) is 0 Å². The molecule has 0 amide bonds. The lowest BCUT2D eigenvalue weighted by molar-refractivity contribution is 0.660. The number of anilines is 3. The summed E-state index contributed by atoms with van der Waals surface area (Å²) in [5.74, 6) is 0. The maximum atomic E-state index is 6.76. The summed E-state index contributed by atoms with van der Waals surface area (Å²) in [5.41, 5.74) is 17.6. The van der Waals surface area contributed by atoms with Gasteiger partial charge < -0.3 is 9.32 Å². The average molecular weight is 780 g/mol. The predicted molar refractivity (Wildman–Crippen MR) is 257 cm³/mol. The highest BCUT2D eigenvalue weighted by molar-refractivity contribution is 6.19. The Hall–Kier alpha value is -7.68. The van der Waals surface area contributed by atoms with Gasteiger partial charge >= 0.3 is 0 Å². The first-order chi connectivity index (χ1) is 30.0. The quantitative estimate of drug-likeness (QED) is 0.167. The van der Waals surface area contributed by atoms with E-state index >= 15 is 0 Å². The van der Waals surface area contributed by atoms with Crippen molar-refractivity contribution in [3.8, 4) is 44.5 Å². The third-order valence-corrected chi connectivity index (χ3v) is 13.1. The van der Waals surface area contributed by atoms with Gasteiger partial charge in [0.1, 0.15) is 11.2 Å². The van der Waals surface area contributed by atoms with E-state index in [2.05, 4.69) is 231 Å². The summed E-state index contributed by atoms with van der Waals surface area (Å²) in [6.07, 6.45) is 0. The molecule has 2 nitrogen and oxygen atoms in total. The average Bonchev–Trinajstić information content (AvgIpc) is 3.80. The Labute approximate surface area is 355 Å². The van der Waals surface area contributed by atoms with Gasteiger partial charge in [0.05, 0.1) is 5.69 Å². The topological polar surface area (TPSA) is 16.4 Å². The Kier molecular flexibility index (Phi) is 7.92. The Balaban J connectivity index is 0.963. The Morgan fingerprint density at radius 2 is 0.967 bits per heavy atom. The van der Waals surface area contributed by atoms with Crippen LogP contribution in [0.3, 0.4) is 0 Å². The monoisotopic (exact) mass is 779 g/mol. The maximum Gasteiger partial charge on any atom is 0.143 e. The molecule has 1 heterocycles. The summed E-state index contributed by atoms with van der Waals surface area (Å²) >= 11 is 0. The molecule has 0 radical (unpaired) electrons. The fourth-order valence-corrected chi connectivity index (χ4v) is 9.95. The standard InChI is InChI=1S/C59H41NO/c1-59(2)54-21-11-10-19-48(54)49-34-32-45(36-55(49)59)60(56-22-12-16-41-15-6-7-17-46(41)56)44-30-27-42(28-31-44)52-37-53-50-33-29-43(35-57(50)61-58(53)51-20-9-8-18-47(51)52)40-25-23-39(24-26-40)38-13-4-3-5-14-38/h3-37H,1-2H3. The van der Waals surface area contributed by atoms with E-state index < -0.39 is 0 Å². The molecule has 0 atom stereocenters. The molecule has 0 aliphatic heterocycles. The van der Waals surface area contributed by atoms with Crippen molar-refractivity contribution in [3.63, 3.8) is 0 Å². The molecule has 2 heteroatoms. The van der Waals surface area contributed by atoms with Gasteiger partial charge in [0.15, 0.2) is 0 Å². The minimum Gasteiger partial charge on any atom is -0.455 e. The highest BCUT2D eigenvalue weighted by Crippen LogP contribution is 2.51. The van der Waals surface area contributed by atoms with Crippen molar-refractivity contribution in [2.75, 3.05) is 4.90 Å². The van der Waals surface area contributed by atoms with Gasteiger partial charge in [0, 0.05) is 38.3 Å². The fraction of sp³-hybridized carbons (Fsp3) is 0.0508. The zero-order valence-corrected chi connectivity index (χ0v) is 34.1. The molecule has 0 saturated carbocycles. The van der Waals surface area contributed by atoms with Crippen LogP contribution in [0.25, 0.3) is 88.0 Å². The van der Waals surface area contributed by atoms with Gasteiger partial charge in [-0.3, -0.25) is 0 Å². The van der Waals surface area contributed by atoms with Crippen LogP contribution in [-0.2, 0) is 5.41 Å². The lowest BCUT2D eigenvalue weighted by Gasteiger charge is -2.29. The second-order valence-corrected chi connectivity index (χ2v) is 16.9. The maximum absolute atomic E-state index is 6.76. The van der Waals surface area contributed by atoms with Crippen molar-refractivity contribution in [3.05, 3.63) is 223 Å². The number of fused-ring (bicyclic) bond motifs is 9. The van der Waals surface area contributed by atoms with E-state index in [4.69, 9.17) is 4.42 Å². The molecule has 0 fully saturated rings. The lowest BCUT2D eigenvalue weighted by atomic mass is 9.82. The van der Waals surface area contributed by atoms with Crippen LogP contribution in [0.15, 0.2) is 217 Å². The Bertz CT molecular complexity index is 3480. The van der Waals surface area contributed by atoms with Crippen molar-refractivity contribution < 1.29 is 4.42 Å². The number of furan rings is 1. The molecule has 0 N–H and O–H groups in total. The molecule has 0 spiro atoms. The van der Waals surface area contributed by atoms with Crippen LogP contribution in [0.5, 0.6) is 0 Å². The Morgan fingerprint density at radius 1 is 0.361 bits per heavy atom. The highest BCUT2D eigenvalue weighted by Gasteiger charge is 2.35. The zero-order chi connectivity index (χ0) is 40.7. The largest absolute Gasteiger partial charge is 0.455 e. The smallest absolute Gasteiger partial charge is 0.143 e. The second kappa shape index (κ2) is 13.7. The second-order valence-electron chi connectivity index (χ2n) is 16.9. The normalized spacial score (nSPS) is 12.9. The van der Waals surface area contributed by atoms with Crippen LogP contribution in [0.1, 0.15) is 25.0 Å². The molecular formula is C59H41NO. The first-order valence-electron chi connectivity index (χ1n) is 21.2. The minimum atomic E-state index is -0.108. The van der Waals surface area contributed by atoms with Crippen LogP contribution < -0.4 is 4.90 Å². The first kappa shape index (κ1) is 35.3. The number of hydrogen-bond acceptors (Lipinski definition) is 2. The van der Waals surface area contributed by atoms with Crippen molar-refractivity contribution in [2.24, 2.45) is 0 Å². The van der Waals surface area contributed by atoms with Crippen molar-refractivity contribution in [1.29, 1.82) is 0 Å². The van der Waals surface area contributed by atoms with E-state index in [0.717, 1.165) is 55.5 Å². The van der Waals surface area contributed by atoms with Crippen molar-refractivity contribution in [1.82, 2.24) is 0 Å². The van der Waals surface area contributed by atoms with Gasteiger partial charge in [0.2, 0.25) is 0 Å². The number of rotatable bonds is 6. The van der Waals surface area contributed by atoms with Crippen molar-refractivity contribution in [2.45, 2.75) is 19.3 Å². The summed E-state index contributed by atoms with van der Waals surface area (Å²) in [5, 5.41) is 6.96. The first-order valence-corrected chi connectivity index (χ1v) is 21.2. The molecule has 0 saturated heterocycles. The molecule has 1 aromatic heterocycles. The summed E-state index contributed by atoms with van der Waals surface area (Å²) in [6.45, 7) is 4.71. The number of hydrogen-bond donors (Lipinski definition) is 0. The molecule has 1 aliphatic rings. The number of benzene rings is 10. The van der Waals surface area contributed by atoms with E-state index in [0.29, 0.717) is 0 Å². The van der Waals surface area contributed by atoms with Gasteiger partial charge in [-0.05, 0) is 115 Å². The summed E-state index contributed by atoms with van der Waals surface area (Å²) in [6, 6.07) is 77.3. The molecule has 288 valence electrons. The zero-order valence-electron chi connectivity index (χ0n) is 34.1. The lowest BCUT2D eigenvalue weighted by Crippen LogP contribution is -2.16. The van der Waals surface area contributed by atoms with Gasteiger partial charge in [-0.1, -0.05) is 178 Å². The molecule has 10 aromatic carbocycles. The summed E-state index contributed by atoms with van der Waals surface area (Å²) in [4.78, 5) is 2.43. The molecule has 11 aromatic rings. The van der Waals surface area contributed by atoms with E-state index in [1.54, 1.807) is 0 Å². The molecule has 1 aliphatic carbocycles. The number of nitrogens with zero attached hydrogens (tertiary/aromatic N) is 1. The predicted octanol–water partition coefficient (Wildman–Crippen LogP) is 16.7. The van der Waals surface area contributed by atoms with E-state index in [1.807, 2.05) is 0 Å². The van der Waals surface area contributed by atoms with Gasteiger partial charge in [-0.15, -0.1) is 0 Å². The van der Waals surface area contributed by atoms with E-state index in [9.17, 15) is 0 Å². The minimum absolute atomic E-state index is 0.108. The van der Waals surface area contributed by atoms with E-state index in [1.165, 1.54) is 60.7 Å². The van der Waals surface area contributed by atoms with Crippen LogP contribution in [0.4, 0.5) is 17.1 Å². The van der Waals surface area contributed by atoms with E-state index in [-0.39, 0.29) is 5.41 Å². The van der Waals surface area contributed by atoms with Gasteiger partial charge in [0.25, 0.3) is 0 Å². The molecule has 0 unspecified atom stereocenters. The van der Waals surface area contributed by atoms with Gasteiger partial charge in [-0.25, -0.2) is 0 Å². The molecule has 0 bridgehead atoms. The third-order valence-electron chi connectivity index (χ3n) is 13.1. The van der Waals surface area contributed by atoms with Crippen LogP contribution >= 0.6 is 0 Å². The summed E-state index contributed by atoms with van der Waals surface area (Å²) in [7, 11) is 0. The highest BCUT2D eigenvalue weighted by atomic mass is 16.3. The van der Waals surface area contributed by atoms with Crippen LogP contribution in [0, 0.1) is 0 Å². The molecule has 61 heavy (non-hydrogen) atoms. The van der Waals surface area contributed by atoms with Crippen LogP contribution in [-0.4, -0.2) is 0 Å². The molecule has 12 rings (SSSR count). The SMILES string of the molecule is CC1(C)c2ccccc2-c2ccc(N(c3ccc(-c4cc5c6ccc(-c7ccc(-c8ccccc8)cc7)cc6oc5c5ccccc45)cc3)c3cccc4ccccc34)cc21. The molecular weight excluding hydrogens is 739 g/mol.